The Bertz CT molecular complexity index is 435. The summed E-state index contributed by atoms with van der Waals surface area (Å²) in [7, 11) is 0. The maximum atomic E-state index is 12.3. The Morgan fingerprint density at radius 3 is 3.05 bits per heavy atom. The number of hydrogen-bond donors (Lipinski definition) is 1. The SMILES string of the molecule is CCCN(C[C@@H]1CCCO1)C(=O)CSc1nnc(N)s1. The van der Waals surface area contributed by atoms with Crippen LogP contribution in [0.5, 0.6) is 0 Å². The van der Waals surface area contributed by atoms with Gasteiger partial charge in [0.2, 0.25) is 11.0 Å². The standard InChI is InChI=1S/C12H20N4O2S2/c1-2-5-16(7-9-4-3-6-18-9)10(17)8-19-12-15-14-11(13)20-12/h9H,2-8H2,1H3,(H2,13,14)/t9-/m0/s1. The summed E-state index contributed by atoms with van der Waals surface area (Å²) in [4.78, 5) is 14.2. The maximum absolute atomic E-state index is 12.3. The van der Waals surface area contributed by atoms with Crippen LogP contribution in [0.4, 0.5) is 5.13 Å². The molecule has 1 aliphatic rings. The number of thioether (sulfide) groups is 1. The van der Waals surface area contributed by atoms with Gasteiger partial charge in [-0.3, -0.25) is 4.79 Å². The molecule has 1 atom stereocenters. The van der Waals surface area contributed by atoms with Crippen LogP contribution in [0.2, 0.25) is 0 Å². The van der Waals surface area contributed by atoms with E-state index in [-0.39, 0.29) is 12.0 Å². The number of carbonyl (C=O) groups is 1. The molecule has 0 spiro atoms. The van der Waals surface area contributed by atoms with Crippen LogP contribution in [0.15, 0.2) is 4.34 Å². The Morgan fingerprint density at radius 2 is 2.45 bits per heavy atom. The van der Waals surface area contributed by atoms with Gasteiger partial charge in [0.1, 0.15) is 0 Å². The molecule has 0 unspecified atom stereocenters. The molecule has 0 radical (unpaired) electrons. The van der Waals surface area contributed by atoms with Crippen LogP contribution < -0.4 is 5.73 Å². The van der Waals surface area contributed by atoms with Crippen molar-refractivity contribution in [2.45, 2.75) is 36.6 Å². The monoisotopic (exact) mass is 316 g/mol. The number of aromatic nitrogens is 2. The van der Waals surface area contributed by atoms with Crippen molar-refractivity contribution in [3.8, 4) is 0 Å². The van der Waals surface area contributed by atoms with Gasteiger partial charge in [-0.05, 0) is 19.3 Å². The number of nitrogens with zero attached hydrogens (tertiary/aromatic N) is 3. The van der Waals surface area contributed by atoms with E-state index >= 15 is 0 Å². The third-order valence-corrected chi connectivity index (χ3v) is 4.91. The Hall–Kier alpha value is -0.860. The molecule has 0 bridgehead atoms. The van der Waals surface area contributed by atoms with Crippen molar-refractivity contribution in [1.29, 1.82) is 0 Å². The minimum Gasteiger partial charge on any atom is -0.376 e. The molecular weight excluding hydrogens is 296 g/mol. The highest BCUT2D eigenvalue weighted by Gasteiger charge is 2.22. The Labute approximate surface area is 127 Å². The van der Waals surface area contributed by atoms with Gasteiger partial charge >= 0.3 is 0 Å². The first kappa shape index (κ1) is 15.5. The molecule has 20 heavy (non-hydrogen) atoms. The lowest BCUT2D eigenvalue weighted by molar-refractivity contribution is -0.129. The molecule has 8 heteroatoms. The van der Waals surface area contributed by atoms with Gasteiger partial charge in [0.15, 0.2) is 4.34 Å². The van der Waals surface area contributed by atoms with Crippen LogP contribution >= 0.6 is 23.1 Å². The summed E-state index contributed by atoms with van der Waals surface area (Å²) in [6.07, 6.45) is 3.30. The first-order valence-corrected chi connectivity index (χ1v) is 8.60. The minimum atomic E-state index is 0.126. The van der Waals surface area contributed by atoms with Gasteiger partial charge in [-0.1, -0.05) is 30.0 Å². The van der Waals surface area contributed by atoms with Crippen molar-refractivity contribution in [3.63, 3.8) is 0 Å². The third-order valence-electron chi connectivity index (χ3n) is 3.04. The number of carbonyl (C=O) groups excluding carboxylic acids is 1. The van der Waals surface area contributed by atoms with Crippen LogP contribution in [0, 0.1) is 0 Å². The average molecular weight is 316 g/mol. The molecule has 0 saturated carbocycles. The van der Waals surface area contributed by atoms with Crippen molar-refractivity contribution in [3.05, 3.63) is 0 Å². The zero-order valence-corrected chi connectivity index (χ0v) is 13.2. The molecule has 1 aromatic rings. The highest BCUT2D eigenvalue weighted by Crippen LogP contribution is 2.24. The van der Waals surface area contributed by atoms with E-state index in [0.29, 0.717) is 17.4 Å². The lowest BCUT2D eigenvalue weighted by Gasteiger charge is -2.24. The van der Waals surface area contributed by atoms with Crippen LogP contribution in [-0.4, -0.2) is 52.6 Å². The Morgan fingerprint density at radius 1 is 1.60 bits per heavy atom. The molecule has 2 heterocycles. The Kier molecular flexibility index (Phi) is 6.06. The first-order chi connectivity index (χ1) is 9.69. The van der Waals surface area contributed by atoms with E-state index in [1.807, 2.05) is 4.90 Å². The predicted molar refractivity (Wildman–Crippen MR) is 80.9 cm³/mol. The van der Waals surface area contributed by atoms with E-state index in [9.17, 15) is 4.79 Å². The molecule has 0 aliphatic carbocycles. The van der Waals surface area contributed by atoms with Crippen LogP contribution in [-0.2, 0) is 9.53 Å². The fourth-order valence-electron chi connectivity index (χ4n) is 2.12. The molecule has 2 rings (SSSR count). The van der Waals surface area contributed by atoms with Crippen molar-refractivity contribution >= 4 is 34.1 Å². The average Bonchev–Trinajstić information content (AvgIpc) is 3.07. The van der Waals surface area contributed by atoms with Gasteiger partial charge < -0.3 is 15.4 Å². The van der Waals surface area contributed by atoms with Gasteiger partial charge in [0.05, 0.1) is 11.9 Å². The van der Waals surface area contributed by atoms with E-state index in [1.165, 1.54) is 23.1 Å². The molecule has 6 nitrogen and oxygen atoms in total. The number of ether oxygens (including phenoxy) is 1. The first-order valence-electron chi connectivity index (χ1n) is 6.80. The largest absolute Gasteiger partial charge is 0.376 e. The molecule has 1 aliphatic heterocycles. The number of anilines is 1. The zero-order chi connectivity index (χ0) is 14.4. The summed E-state index contributed by atoms with van der Waals surface area (Å²) in [5.74, 6) is 0.502. The van der Waals surface area contributed by atoms with E-state index in [2.05, 4.69) is 17.1 Å². The molecule has 1 amide bonds. The smallest absolute Gasteiger partial charge is 0.233 e. The second-order valence-corrected chi connectivity index (χ2v) is 6.90. The minimum absolute atomic E-state index is 0.126. The quantitative estimate of drug-likeness (QED) is 0.770. The van der Waals surface area contributed by atoms with Crippen molar-refractivity contribution < 1.29 is 9.53 Å². The number of hydrogen-bond acceptors (Lipinski definition) is 7. The van der Waals surface area contributed by atoms with Gasteiger partial charge in [-0.15, -0.1) is 10.2 Å². The molecule has 2 N–H and O–H groups in total. The van der Waals surface area contributed by atoms with Gasteiger partial charge in [0, 0.05) is 19.7 Å². The van der Waals surface area contributed by atoms with Crippen molar-refractivity contribution in [1.82, 2.24) is 15.1 Å². The van der Waals surface area contributed by atoms with Gasteiger partial charge in [-0.25, -0.2) is 0 Å². The molecular formula is C12H20N4O2S2. The van der Waals surface area contributed by atoms with Crippen LogP contribution in [0.1, 0.15) is 26.2 Å². The molecule has 1 fully saturated rings. The normalized spacial score (nSPS) is 18.4. The molecule has 1 saturated heterocycles. The lowest BCUT2D eigenvalue weighted by atomic mass is 10.2. The highest BCUT2D eigenvalue weighted by atomic mass is 32.2. The Balaban J connectivity index is 1.82. The van der Waals surface area contributed by atoms with Crippen LogP contribution in [0.25, 0.3) is 0 Å². The van der Waals surface area contributed by atoms with E-state index in [1.54, 1.807) is 0 Å². The molecule has 112 valence electrons. The number of nitrogen functional groups attached to an aromatic ring is 1. The van der Waals surface area contributed by atoms with E-state index < -0.39 is 0 Å². The fraction of sp³-hybridized carbons (Fsp3) is 0.750. The number of nitrogens with two attached hydrogens (primary N) is 1. The topological polar surface area (TPSA) is 81.3 Å². The van der Waals surface area contributed by atoms with E-state index in [0.717, 1.165) is 36.8 Å². The summed E-state index contributed by atoms with van der Waals surface area (Å²) >= 11 is 2.71. The number of amides is 1. The van der Waals surface area contributed by atoms with Gasteiger partial charge in [0.25, 0.3) is 0 Å². The van der Waals surface area contributed by atoms with Crippen LogP contribution in [0.3, 0.4) is 0 Å². The summed E-state index contributed by atoms with van der Waals surface area (Å²) < 4.78 is 6.35. The second-order valence-electron chi connectivity index (χ2n) is 4.67. The summed E-state index contributed by atoms with van der Waals surface area (Å²) in [6.45, 7) is 4.37. The van der Waals surface area contributed by atoms with Crippen molar-refractivity contribution in [2.75, 3.05) is 31.2 Å². The zero-order valence-electron chi connectivity index (χ0n) is 11.6. The van der Waals surface area contributed by atoms with E-state index in [4.69, 9.17) is 10.5 Å². The third kappa shape index (κ3) is 4.60. The molecule has 0 aromatic carbocycles. The fourth-order valence-corrected chi connectivity index (χ4v) is 3.65. The predicted octanol–water partition coefficient (Wildman–Crippen LogP) is 1.63. The lowest BCUT2D eigenvalue weighted by Crippen LogP contribution is -2.38. The number of rotatable bonds is 7. The van der Waals surface area contributed by atoms with Gasteiger partial charge in [-0.2, -0.15) is 0 Å². The summed E-state index contributed by atoms with van der Waals surface area (Å²) in [6, 6.07) is 0. The van der Waals surface area contributed by atoms with Crippen molar-refractivity contribution in [2.24, 2.45) is 0 Å². The maximum Gasteiger partial charge on any atom is 0.233 e. The summed E-state index contributed by atoms with van der Waals surface area (Å²) in [5.41, 5.74) is 5.52. The second kappa shape index (κ2) is 7.80. The highest BCUT2D eigenvalue weighted by molar-refractivity contribution is 8.01. The molecule has 1 aromatic heterocycles. The summed E-state index contributed by atoms with van der Waals surface area (Å²) in [5, 5.41) is 8.08.